The van der Waals surface area contributed by atoms with Gasteiger partial charge in [-0.1, -0.05) is 56.3 Å². The summed E-state index contributed by atoms with van der Waals surface area (Å²) in [4.78, 5) is 22.9. The van der Waals surface area contributed by atoms with Gasteiger partial charge < -0.3 is 9.47 Å². The minimum absolute atomic E-state index is 0.152. The predicted molar refractivity (Wildman–Crippen MR) is 86.3 cm³/mol. The standard InChI is InChI=1S/C18H24O4/c1-15(2)14-22-18(20)13-17(19)10-12-21-11-6-9-16-7-4-3-5-8-16/h3-9,15H,10-14H2,1-2H3/b9-6+. The van der Waals surface area contributed by atoms with E-state index in [1.54, 1.807) is 0 Å². The number of rotatable bonds is 10. The molecule has 4 nitrogen and oxygen atoms in total. The fourth-order valence-corrected chi connectivity index (χ4v) is 1.65. The summed E-state index contributed by atoms with van der Waals surface area (Å²) in [6.45, 7) is 5.01. The average Bonchev–Trinajstić information content (AvgIpc) is 2.49. The summed E-state index contributed by atoms with van der Waals surface area (Å²) in [6.07, 6.45) is 3.92. The summed E-state index contributed by atoms with van der Waals surface area (Å²) in [5.74, 6) is -0.331. The van der Waals surface area contributed by atoms with E-state index in [4.69, 9.17) is 9.47 Å². The van der Waals surface area contributed by atoms with Crippen LogP contribution in [0.4, 0.5) is 0 Å². The van der Waals surface area contributed by atoms with E-state index < -0.39 is 5.97 Å². The van der Waals surface area contributed by atoms with Crippen LogP contribution in [0.25, 0.3) is 6.08 Å². The van der Waals surface area contributed by atoms with Crippen molar-refractivity contribution >= 4 is 17.8 Å². The fraction of sp³-hybridized carbons (Fsp3) is 0.444. The highest BCUT2D eigenvalue weighted by Gasteiger charge is 2.11. The monoisotopic (exact) mass is 304 g/mol. The molecule has 0 aliphatic carbocycles. The third-order valence-corrected chi connectivity index (χ3v) is 2.77. The fourth-order valence-electron chi connectivity index (χ4n) is 1.65. The van der Waals surface area contributed by atoms with Gasteiger partial charge in [0.05, 0.1) is 19.8 Å². The Morgan fingerprint density at radius 2 is 1.91 bits per heavy atom. The Hall–Kier alpha value is -1.94. The van der Waals surface area contributed by atoms with Gasteiger partial charge in [0.25, 0.3) is 0 Å². The topological polar surface area (TPSA) is 52.6 Å². The van der Waals surface area contributed by atoms with E-state index in [-0.39, 0.29) is 24.5 Å². The Morgan fingerprint density at radius 1 is 1.18 bits per heavy atom. The van der Waals surface area contributed by atoms with E-state index in [0.29, 0.717) is 19.8 Å². The Morgan fingerprint density at radius 3 is 2.59 bits per heavy atom. The van der Waals surface area contributed by atoms with Crippen LogP contribution in [-0.4, -0.2) is 31.6 Å². The van der Waals surface area contributed by atoms with Crippen LogP contribution in [-0.2, 0) is 19.1 Å². The van der Waals surface area contributed by atoms with Crippen molar-refractivity contribution in [3.63, 3.8) is 0 Å². The zero-order valence-corrected chi connectivity index (χ0v) is 13.3. The van der Waals surface area contributed by atoms with Crippen molar-refractivity contribution in [3.8, 4) is 0 Å². The lowest BCUT2D eigenvalue weighted by atomic mass is 10.2. The van der Waals surface area contributed by atoms with E-state index in [2.05, 4.69) is 0 Å². The molecule has 0 spiro atoms. The lowest BCUT2D eigenvalue weighted by Crippen LogP contribution is -2.15. The molecule has 0 N–H and O–H groups in total. The zero-order valence-electron chi connectivity index (χ0n) is 13.3. The van der Waals surface area contributed by atoms with Crippen LogP contribution in [0.5, 0.6) is 0 Å². The van der Waals surface area contributed by atoms with Gasteiger partial charge in [-0.05, 0) is 11.5 Å². The molecular formula is C18H24O4. The Labute approximate surface area is 132 Å². The Bertz CT molecular complexity index is 477. The number of hydrogen-bond donors (Lipinski definition) is 0. The van der Waals surface area contributed by atoms with Gasteiger partial charge in [-0.25, -0.2) is 0 Å². The highest BCUT2D eigenvalue weighted by Crippen LogP contribution is 2.01. The first-order valence-electron chi connectivity index (χ1n) is 7.54. The highest BCUT2D eigenvalue weighted by molar-refractivity contribution is 5.95. The second-order valence-electron chi connectivity index (χ2n) is 5.43. The van der Waals surface area contributed by atoms with Crippen LogP contribution in [0, 0.1) is 5.92 Å². The largest absolute Gasteiger partial charge is 0.465 e. The number of Topliss-reactive ketones (excluding diaryl/α,β-unsaturated/α-hetero) is 1. The number of ketones is 1. The second-order valence-corrected chi connectivity index (χ2v) is 5.43. The summed E-state index contributed by atoms with van der Waals surface area (Å²) in [7, 11) is 0. The van der Waals surface area contributed by atoms with Crippen LogP contribution in [0.3, 0.4) is 0 Å². The van der Waals surface area contributed by atoms with E-state index in [1.807, 2.05) is 56.3 Å². The summed E-state index contributed by atoms with van der Waals surface area (Å²) < 4.78 is 10.3. The molecule has 0 aliphatic rings. The molecule has 0 bridgehead atoms. The van der Waals surface area contributed by atoms with Gasteiger partial charge in [0.2, 0.25) is 0 Å². The van der Waals surface area contributed by atoms with E-state index in [1.165, 1.54) is 0 Å². The lowest BCUT2D eigenvalue weighted by Gasteiger charge is -2.06. The minimum atomic E-state index is -0.456. The normalized spacial score (nSPS) is 11.0. The number of carbonyl (C=O) groups excluding carboxylic acids is 2. The van der Waals surface area contributed by atoms with E-state index >= 15 is 0 Å². The molecule has 4 heteroatoms. The molecule has 0 saturated carbocycles. The molecule has 22 heavy (non-hydrogen) atoms. The summed E-state index contributed by atoms with van der Waals surface area (Å²) in [5, 5.41) is 0. The van der Waals surface area contributed by atoms with Crippen LogP contribution in [0.2, 0.25) is 0 Å². The molecule has 0 saturated heterocycles. The number of ether oxygens (including phenoxy) is 2. The predicted octanol–water partition coefficient (Wildman–Crippen LogP) is 3.26. The molecule has 0 heterocycles. The summed E-state index contributed by atoms with van der Waals surface area (Å²) in [6, 6.07) is 9.91. The smallest absolute Gasteiger partial charge is 0.313 e. The third kappa shape index (κ3) is 9.08. The van der Waals surface area contributed by atoms with Gasteiger partial charge in [0, 0.05) is 6.42 Å². The van der Waals surface area contributed by atoms with Crippen molar-refractivity contribution in [1.82, 2.24) is 0 Å². The number of benzene rings is 1. The van der Waals surface area contributed by atoms with Crippen molar-refractivity contribution in [1.29, 1.82) is 0 Å². The van der Waals surface area contributed by atoms with Gasteiger partial charge in [-0.2, -0.15) is 0 Å². The Kier molecular flexibility index (Phi) is 8.84. The second kappa shape index (κ2) is 10.7. The Balaban J connectivity index is 2.07. The van der Waals surface area contributed by atoms with Gasteiger partial charge in [-0.3, -0.25) is 9.59 Å². The molecule has 0 aliphatic heterocycles. The number of carbonyl (C=O) groups is 2. The van der Waals surface area contributed by atoms with Gasteiger partial charge in [0.15, 0.2) is 0 Å². The van der Waals surface area contributed by atoms with E-state index in [0.717, 1.165) is 5.56 Å². The van der Waals surface area contributed by atoms with Gasteiger partial charge in [0.1, 0.15) is 12.2 Å². The SMILES string of the molecule is CC(C)COC(=O)CC(=O)CCOC/C=C/c1ccccc1. The lowest BCUT2D eigenvalue weighted by molar-refractivity contribution is -0.147. The maximum absolute atomic E-state index is 11.6. The van der Waals surface area contributed by atoms with Gasteiger partial charge in [-0.15, -0.1) is 0 Å². The molecule has 0 aromatic heterocycles. The van der Waals surface area contributed by atoms with Crippen molar-refractivity contribution in [2.75, 3.05) is 19.8 Å². The molecule has 0 fully saturated rings. The highest BCUT2D eigenvalue weighted by atomic mass is 16.5. The van der Waals surface area contributed by atoms with Crippen LogP contribution >= 0.6 is 0 Å². The molecule has 1 aromatic rings. The molecule has 0 amide bonds. The van der Waals surface area contributed by atoms with Crippen molar-refractivity contribution in [3.05, 3.63) is 42.0 Å². The van der Waals surface area contributed by atoms with Crippen molar-refractivity contribution in [2.24, 2.45) is 5.92 Å². The van der Waals surface area contributed by atoms with E-state index in [9.17, 15) is 9.59 Å². The summed E-state index contributed by atoms with van der Waals surface area (Å²) >= 11 is 0. The third-order valence-electron chi connectivity index (χ3n) is 2.77. The first kappa shape index (κ1) is 18.1. The molecule has 0 radical (unpaired) electrons. The minimum Gasteiger partial charge on any atom is -0.465 e. The molecule has 1 rings (SSSR count). The van der Waals surface area contributed by atoms with Crippen LogP contribution in [0.15, 0.2) is 36.4 Å². The van der Waals surface area contributed by atoms with Crippen molar-refractivity contribution < 1.29 is 19.1 Å². The summed E-state index contributed by atoms with van der Waals surface area (Å²) in [5.41, 5.74) is 1.11. The first-order chi connectivity index (χ1) is 10.6. The molecule has 1 aromatic carbocycles. The molecule has 120 valence electrons. The molecule has 0 atom stereocenters. The van der Waals surface area contributed by atoms with Crippen LogP contribution < -0.4 is 0 Å². The average molecular weight is 304 g/mol. The number of hydrogen-bond acceptors (Lipinski definition) is 4. The quantitative estimate of drug-likeness (QED) is 0.378. The van der Waals surface area contributed by atoms with Crippen molar-refractivity contribution in [2.45, 2.75) is 26.7 Å². The first-order valence-corrected chi connectivity index (χ1v) is 7.54. The molecular weight excluding hydrogens is 280 g/mol. The molecule has 0 unspecified atom stereocenters. The maximum atomic E-state index is 11.6. The number of esters is 1. The van der Waals surface area contributed by atoms with Gasteiger partial charge >= 0.3 is 5.97 Å². The maximum Gasteiger partial charge on any atom is 0.313 e. The van der Waals surface area contributed by atoms with Crippen LogP contribution in [0.1, 0.15) is 32.3 Å². The zero-order chi connectivity index (χ0) is 16.2.